The van der Waals surface area contributed by atoms with Crippen LogP contribution in [-0.4, -0.2) is 51.8 Å². The average Bonchev–Trinajstić information content (AvgIpc) is 3.05. The first-order chi connectivity index (χ1) is 9.04. The van der Waals surface area contributed by atoms with E-state index in [9.17, 15) is 9.59 Å². The van der Waals surface area contributed by atoms with E-state index in [2.05, 4.69) is 10.4 Å². The number of anilines is 1. The normalized spacial score (nSPS) is 19.2. The second kappa shape index (κ2) is 4.25. The van der Waals surface area contributed by atoms with Crippen molar-refractivity contribution in [1.29, 1.82) is 0 Å². The molecular weight excluding hydrogens is 246 g/mol. The zero-order valence-corrected chi connectivity index (χ0v) is 11.1. The molecule has 1 saturated heterocycles. The Morgan fingerprint density at radius 1 is 1.42 bits per heavy atom. The number of carbonyl (C=O) groups excluding carboxylic acids is 2. The zero-order valence-electron chi connectivity index (χ0n) is 11.1. The second-order valence-electron chi connectivity index (χ2n) is 5.21. The smallest absolute Gasteiger partial charge is 0.324 e. The molecule has 1 aromatic heterocycles. The van der Waals surface area contributed by atoms with Crippen LogP contribution in [0.25, 0.3) is 0 Å². The molecule has 19 heavy (non-hydrogen) atoms. The molecule has 7 heteroatoms. The maximum absolute atomic E-state index is 12.0. The van der Waals surface area contributed by atoms with Gasteiger partial charge in [-0.25, -0.2) is 4.79 Å². The first-order valence-corrected chi connectivity index (χ1v) is 6.38. The van der Waals surface area contributed by atoms with Crippen LogP contribution < -0.4 is 5.32 Å². The highest BCUT2D eigenvalue weighted by Crippen LogP contribution is 2.40. The quantitative estimate of drug-likeness (QED) is 0.847. The molecule has 0 unspecified atom stereocenters. The summed E-state index contributed by atoms with van der Waals surface area (Å²) in [6, 6.07) is 1.63. The van der Waals surface area contributed by atoms with E-state index in [4.69, 9.17) is 0 Å². The predicted molar refractivity (Wildman–Crippen MR) is 68.5 cm³/mol. The molecule has 3 rings (SSSR count). The lowest BCUT2D eigenvalue weighted by Crippen LogP contribution is -2.34. The van der Waals surface area contributed by atoms with Gasteiger partial charge in [-0.1, -0.05) is 0 Å². The van der Waals surface area contributed by atoms with E-state index >= 15 is 0 Å². The minimum Gasteiger partial charge on any atom is -0.326 e. The molecule has 2 aliphatic rings. The SMILES string of the molecule is CN1CN(C(=O)Nc2cc(C3CC3)n(C)n2)CC1=O. The van der Waals surface area contributed by atoms with E-state index < -0.39 is 0 Å². The number of hydrogen-bond acceptors (Lipinski definition) is 3. The van der Waals surface area contributed by atoms with Gasteiger partial charge in [-0.05, 0) is 12.8 Å². The van der Waals surface area contributed by atoms with Crippen LogP contribution in [-0.2, 0) is 11.8 Å². The molecule has 0 spiro atoms. The Bertz CT molecular complexity index is 534. The molecule has 7 nitrogen and oxygen atoms in total. The number of nitrogens with one attached hydrogen (secondary N) is 1. The number of hydrogen-bond donors (Lipinski definition) is 1. The van der Waals surface area contributed by atoms with Gasteiger partial charge in [0.1, 0.15) is 6.54 Å². The molecule has 0 aromatic carbocycles. The fourth-order valence-electron chi connectivity index (χ4n) is 2.30. The van der Waals surface area contributed by atoms with Gasteiger partial charge in [-0.15, -0.1) is 0 Å². The number of aromatic nitrogens is 2. The van der Waals surface area contributed by atoms with E-state index in [-0.39, 0.29) is 18.5 Å². The van der Waals surface area contributed by atoms with Crippen LogP contribution >= 0.6 is 0 Å². The Hall–Kier alpha value is -2.05. The van der Waals surface area contributed by atoms with Gasteiger partial charge in [0.05, 0.1) is 6.67 Å². The highest BCUT2D eigenvalue weighted by molar-refractivity contribution is 5.93. The molecule has 3 amide bonds. The van der Waals surface area contributed by atoms with Crippen LogP contribution in [0.15, 0.2) is 6.07 Å². The van der Waals surface area contributed by atoms with E-state index in [0.717, 1.165) is 5.69 Å². The van der Waals surface area contributed by atoms with E-state index in [1.165, 1.54) is 22.6 Å². The summed E-state index contributed by atoms with van der Waals surface area (Å²) in [6.45, 7) is 0.456. The van der Waals surface area contributed by atoms with Crippen molar-refractivity contribution in [1.82, 2.24) is 19.6 Å². The van der Waals surface area contributed by atoms with Crippen LogP contribution in [0.3, 0.4) is 0 Å². The number of amides is 3. The largest absolute Gasteiger partial charge is 0.326 e. The maximum Gasteiger partial charge on any atom is 0.324 e. The minimum absolute atomic E-state index is 0.0464. The van der Waals surface area contributed by atoms with Gasteiger partial charge >= 0.3 is 6.03 Å². The zero-order chi connectivity index (χ0) is 13.6. The van der Waals surface area contributed by atoms with Crippen LogP contribution in [0.5, 0.6) is 0 Å². The average molecular weight is 263 g/mol. The van der Waals surface area contributed by atoms with Crippen molar-refractivity contribution in [2.75, 3.05) is 25.6 Å². The lowest BCUT2D eigenvalue weighted by atomic mass is 10.3. The third kappa shape index (κ3) is 2.27. The van der Waals surface area contributed by atoms with Crippen molar-refractivity contribution < 1.29 is 9.59 Å². The molecule has 0 atom stereocenters. The number of nitrogens with zero attached hydrogens (tertiary/aromatic N) is 4. The lowest BCUT2D eigenvalue weighted by Gasteiger charge is -2.14. The summed E-state index contributed by atoms with van der Waals surface area (Å²) in [6.07, 6.45) is 2.39. The number of likely N-dealkylation sites (N-methyl/N-ethyl adjacent to an activating group) is 1. The molecule has 0 radical (unpaired) electrons. The summed E-state index contributed by atoms with van der Waals surface area (Å²) in [5.74, 6) is 1.09. The molecule has 1 aliphatic carbocycles. The summed E-state index contributed by atoms with van der Waals surface area (Å²) in [5.41, 5.74) is 1.16. The van der Waals surface area contributed by atoms with Crippen molar-refractivity contribution in [3.63, 3.8) is 0 Å². The summed E-state index contributed by atoms with van der Waals surface area (Å²) >= 11 is 0. The molecule has 1 N–H and O–H groups in total. The first-order valence-electron chi connectivity index (χ1n) is 6.38. The van der Waals surface area contributed by atoms with Crippen molar-refractivity contribution in [2.45, 2.75) is 18.8 Å². The molecule has 2 heterocycles. The topological polar surface area (TPSA) is 70.5 Å². The number of aryl methyl sites for hydroxylation is 1. The molecular formula is C12H17N5O2. The molecule has 2 fully saturated rings. The van der Waals surface area contributed by atoms with Crippen molar-refractivity contribution in [3.8, 4) is 0 Å². The van der Waals surface area contributed by atoms with Crippen molar-refractivity contribution in [3.05, 3.63) is 11.8 Å². The molecule has 0 bridgehead atoms. The van der Waals surface area contributed by atoms with E-state index in [1.54, 1.807) is 7.05 Å². The summed E-state index contributed by atoms with van der Waals surface area (Å²) in [7, 11) is 3.57. The maximum atomic E-state index is 12.0. The van der Waals surface area contributed by atoms with Crippen LogP contribution in [0.2, 0.25) is 0 Å². The van der Waals surface area contributed by atoms with Gasteiger partial charge < -0.3 is 4.90 Å². The first kappa shape index (κ1) is 12.0. The summed E-state index contributed by atoms with van der Waals surface area (Å²) in [5, 5.41) is 7.03. The van der Waals surface area contributed by atoms with Crippen LogP contribution in [0, 0.1) is 0 Å². The standard InChI is InChI=1S/C12H17N5O2/c1-15-7-17(6-11(15)18)12(19)13-10-5-9(8-3-4-8)16(2)14-10/h5,8H,3-4,6-7H2,1-2H3,(H,13,14,19). The fourth-order valence-corrected chi connectivity index (χ4v) is 2.30. The van der Waals surface area contributed by atoms with Crippen molar-refractivity contribution in [2.24, 2.45) is 7.05 Å². The summed E-state index contributed by atoms with van der Waals surface area (Å²) in [4.78, 5) is 26.4. The van der Waals surface area contributed by atoms with Crippen molar-refractivity contribution >= 4 is 17.8 Å². The van der Waals surface area contributed by atoms with Gasteiger partial charge in [0.15, 0.2) is 5.82 Å². The van der Waals surface area contributed by atoms with Gasteiger partial charge in [0.2, 0.25) is 5.91 Å². The van der Waals surface area contributed by atoms with Gasteiger partial charge in [-0.2, -0.15) is 5.10 Å². The third-order valence-electron chi connectivity index (χ3n) is 3.57. The number of carbonyl (C=O) groups is 2. The molecule has 102 valence electrons. The van der Waals surface area contributed by atoms with Gasteiger partial charge in [0.25, 0.3) is 0 Å². The molecule has 1 aliphatic heterocycles. The Morgan fingerprint density at radius 2 is 2.16 bits per heavy atom. The van der Waals surface area contributed by atoms with E-state index in [0.29, 0.717) is 18.4 Å². The third-order valence-corrected chi connectivity index (χ3v) is 3.57. The second-order valence-corrected chi connectivity index (χ2v) is 5.21. The Morgan fingerprint density at radius 3 is 2.74 bits per heavy atom. The summed E-state index contributed by atoms with van der Waals surface area (Å²) < 4.78 is 1.81. The highest BCUT2D eigenvalue weighted by Gasteiger charge is 2.30. The number of urea groups is 1. The molecule has 1 aromatic rings. The Balaban J connectivity index is 1.66. The predicted octanol–water partition coefficient (Wildman–Crippen LogP) is 0.561. The van der Waals surface area contributed by atoms with Crippen LogP contribution in [0.4, 0.5) is 10.6 Å². The lowest BCUT2D eigenvalue weighted by molar-refractivity contribution is -0.125. The highest BCUT2D eigenvalue weighted by atomic mass is 16.2. The Kier molecular flexibility index (Phi) is 2.69. The minimum atomic E-state index is -0.279. The fraction of sp³-hybridized carbons (Fsp3) is 0.583. The van der Waals surface area contributed by atoms with Crippen LogP contribution in [0.1, 0.15) is 24.5 Å². The molecule has 1 saturated carbocycles. The Labute approximate surface area is 111 Å². The van der Waals surface area contributed by atoms with Gasteiger partial charge in [-0.3, -0.25) is 19.7 Å². The van der Waals surface area contributed by atoms with Gasteiger partial charge in [0, 0.05) is 31.8 Å². The monoisotopic (exact) mass is 263 g/mol. The van der Waals surface area contributed by atoms with E-state index in [1.807, 2.05) is 17.8 Å². The number of rotatable bonds is 2.